The summed E-state index contributed by atoms with van der Waals surface area (Å²) in [4.78, 5) is 25.3. The molecule has 1 amide bonds. The minimum absolute atomic E-state index is 0.307. The number of pyridine rings is 1. The van der Waals surface area contributed by atoms with E-state index in [1.807, 2.05) is 6.92 Å². The second-order valence-electron chi connectivity index (χ2n) is 3.69. The van der Waals surface area contributed by atoms with E-state index in [1.165, 1.54) is 12.3 Å². The molecule has 2 aromatic rings. The minimum Gasteiger partial charge on any atom is -0.329 e. The molecule has 0 aromatic carbocycles. The summed E-state index contributed by atoms with van der Waals surface area (Å²) in [7, 11) is 1.74. The Morgan fingerprint density at radius 2 is 2.24 bits per heavy atom. The van der Waals surface area contributed by atoms with Gasteiger partial charge in [-0.1, -0.05) is 0 Å². The Morgan fingerprint density at radius 3 is 2.82 bits per heavy atom. The van der Waals surface area contributed by atoms with Gasteiger partial charge in [0.1, 0.15) is 5.82 Å². The highest BCUT2D eigenvalue weighted by molar-refractivity contribution is 6.03. The Balaban J connectivity index is 2.23. The van der Waals surface area contributed by atoms with Crippen LogP contribution in [-0.2, 0) is 7.05 Å². The second-order valence-corrected chi connectivity index (χ2v) is 3.69. The van der Waals surface area contributed by atoms with Crippen LogP contribution < -0.4 is 10.9 Å². The maximum absolute atomic E-state index is 11.8. The zero-order valence-corrected chi connectivity index (χ0v) is 9.52. The zero-order chi connectivity index (χ0) is 12.4. The molecule has 0 aliphatic rings. The zero-order valence-electron chi connectivity index (χ0n) is 9.52. The minimum atomic E-state index is -0.334. The van der Waals surface area contributed by atoms with Gasteiger partial charge in [0.15, 0.2) is 0 Å². The third kappa shape index (κ3) is 2.41. The number of aromatic amines is 1. The van der Waals surface area contributed by atoms with Crippen LogP contribution in [0.25, 0.3) is 0 Å². The molecule has 2 aromatic heterocycles. The van der Waals surface area contributed by atoms with Gasteiger partial charge in [-0.05, 0) is 13.0 Å². The molecule has 2 N–H and O–H groups in total. The van der Waals surface area contributed by atoms with Crippen molar-refractivity contribution >= 4 is 11.7 Å². The van der Waals surface area contributed by atoms with Gasteiger partial charge in [-0.3, -0.25) is 14.3 Å². The molecule has 0 unspecified atom stereocenters. The number of H-pyrrole nitrogens is 1. The van der Waals surface area contributed by atoms with Gasteiger partial charge < -0.3 is 10.3 Å². The van der Waals surface area contributed by atoms with E-state index < -0.39 is 0 Å². The molecule has 0 bridgehead atoms. The largest absolute Gasteiger partial charge is 0.329 e. The summed E-state index contributed by atoms with van der Waals surface area (Å²) in [6.07, 6.45) is 1.44. The Bertz CT molecular complexity index is 612. The topological polar surface area (TPSA) is 79.8 Å². The van der Waals surface area contributed by atoms with Crippen molar-refractivity contribution in [3.8, 4) is 0 Å². The molecule has 88 valence electrons. The van der Waals surface area contributed by atoms with Gasteiger partial charge in [0.05, 0.1) is 5.69 Å². The Kier molecular flexibility index (Phi) is 2.78. The number of nitrogens with one attached hydrogen (secondary N) is 2. The highest BCUT2D eigenvalue weighted by Crippen LogP contribution is 2.09. The van der Waals surface area contributed by atoms with Crippen LogP contribution in [0.5, 0.6) is 0 Å². The van der Waals surface area contributed by atoms with E-state index in [1.54, 1.807) is 23.9 Å². The van der Waals surface area contributed by atoms with Gasteiger partial charge in [-0.2, -0.15) is 5.10 Å². The van der Waals surface area contributed by atoms with Crippen molar-refractivity contribution in [2.45, 2.75) is 6.92 Å². The predicted molar refractivity (Wildman–Crippen MR) is 63.0 cm³/mol. The summed E-state index contributed by atoms with van der Waals surface area (Å²) in [5.41, 5.74) is 0.820. The Morgan fingerprint density at radius 1 is 1.47 bits per heavy atom. The van der Waals surface area contributed by atoms with Crippen molar-refractivity contribution in [3.63, 3.8) is 0 Å². The SMILES string of the molecule is Cc1cc(NC(=O)c2cc[nH]c(=O)c2)n(C)n1. The van der Waals surface area contributed by atoms with Gasteiger partial charge in [0.2, 0.25) is 5.56 Å². The molecule has 0 atom stereocenters. The van der Waals surface area contributed by atoms with Crippen LogP contribution in [-0.4, -0.2) is 20.7 Å². The van der Waals surface area contributed by atoms with Gasteiger partial charge >= 0.3 is 0 Å². The maximum Gasteiger partial charge on any atom is 0.257 e. The van der Waals surface area contributed by atoms with Gasteiger partial charge in [0.25, 0.3) is 5.91 Å². The number of rotatable bonds is 2. The summed E-state index contributed by atoms with van der Waals surface area (Å²) >= 11 is 0. The first kappa shape index (κ1) is 11.1. The fourth-order valence-electron chi connectivity index (χ4n) is 1.50. The van der Waals surface area contributed by atoms with Crippen molar-refractivity contribution < 1.29 is 4.79 Å². The molecule has 2 rings (SSSR count). The third-order valence-electron chi connectivity index (χ3n) is 2.28. The maximum atomic E-state index is 11.8. The standard InChI is InChI=1S/C11H12N4O2/c1-7-5-9(15(2)14-7)13-11(17)8-3-4-12-10(16)6-8/h3-6H,1-2H3,(H,12,16)(H,13,17). The molecule has 0 saturated heterocycles. The monoisotopic (exact) mass is 232 g/mol. The summed E-state index contributed by atoms with van der Waals surface area (Å²) in [6, 6.07) is 4.55. The van der Waals surface area contributed by atoms with Crippen molar-refractivity contribution in [2.75, 3.05) is 5.32 Å². The van der Waals surface area contributed by atoms with Crippen LogP contribution in [0.2, 0.25) is 0 Å². The lowest BCUT2D eigenvalue weighted by Gasteiger charge is -2.04. The van der Waals surface area contributed by atoms with Crippen LogP contribution >= 0.6 is 0 Å². The lowest BCUT2D eigenvalue weighted by Crippen LogP contribution is -2.17. The van der Waals surface area contributed by atoms with Crippen molar-refractivity contribution in [1.29, 1.82) is 0 Å². The summed E-state index contributed by atoms with van der Waals surface area (Å²) in [6.45, 7) is 1.84. The quantitative estimate of drug-likeness (QED) is 0.798. The number of amides is 1. The van der Waals surface area contributed by atoms with Crippen LogP contribution in [0.4, 0.5) is 5.82 Å². The number of aromatic nitrogens is 3. The average Bonchev–Trinajstić information content (AvgIpc) is 2.57. The number of aryl methyl sites for hydroxylation is 2. The molecule has 0 aliphatic heterocycles. The first-order valence-electron chi connectivity index (χ1n) is 5.07. The van der Waals surface area contributed by atoms with E-state index in [-0.39, 0.29) is 11.5 Å². The molecule has 6 heteroatoms. The number of nitrogens with zero attached hydrogens (tertiary/aromatic N) is 2. The molecule has 0 fully saturated rings. The molecule has 17 heavy (non-hydrogen) atoms. The van der Waals surface area contributed by atoms with Crippen LogP contribution in [0.3, 0.4) is 0 Å². The van der Waals surface area contributed by atoms with Crippen LogP contribution in [0.15, 0.2) is 29.2 Å². The third-order valence-corrected chi connectivity index (χ3v) is 2.28. The normalized spacial score (nSPS) is 10.2. The molecule has 2 heterocycles. The lowest BCUT2D eigenvalue weighted by atomic mass is 10.2. The van der Waals surface area contributed by atoms with E-state index in [2.05, 4.69) is 15.4 Å². The highest BCUT2D eigenvalue weighted by atomic mass is 16.2. The average molecular weight is 232 g/mol. The first-order chi connectivity index (χ1) is 8.06. The molecule has 0 aliphatic carbocycles. The van der Waals surface area contributed by atoms with Gasteiger partial charge in [-0.15, -0.1) is 0 Å². The Hall–Kier alpha value is -2.37. The number of carbonyl (C=O) groups is 1. The van der Waals surface area contributed by atoms with E-state index in [4.69, 9.17) is 0 Å². The molecular weight excluding hydrogens is 220 g/mol. The molecular formula is C11H12N4O2. The molecule has 0 saturated carbocycles. The van der Waals surface area contributed by atoms with Crippen molar-refractivity contribution in [3.05, 3.63) is 46.0 Å². The van der Waals surface area contributed by atoms with E-state index in [0.29, 0.717) is 11.4 Å². The van der Waals surface area contributed by atoms with E-state index in [0.717, 1.165) is 5.69 Å². The summed E-state index contributed by atoms with van der Waals surface area (Å²) in [5, 5.41) is 6.79. The molecule has 0 radical (unpaired) electrons. The van der Waals surface area contributed by atoms with Gasteiger partial charge in [0, 0.05) is 30.9 Å². The predicted octanol–water partition coefficient (Wildman–Crippen LogP) is 0.669. The van der Waals surface area contributed by atoms with E-state index in [9.17, 15) is 9.59 Å². The van der Waals surface area contributed by atoms with Crippen LogP contribution in [0.1, 0.15) is 16.1 Å². The van der Waals surface area contributed by atoms with Crippen molar-refractivity contribution in [1.82, 2.24) is 14.8 Å². The first-order valence-corrected chi connectivity index (χ1v) is 5.07. The number of carbonyl (C=O) groups excluding carboxylic acids is 1. The summed E-state index contributed by atoms with van der Waals surface area (Å²) in [5.74, 6) is 0.256. The smallest absolute Gasteiger partial charge is 0.257 e. The second kappa shape index (κ2) is 4.25. The fourth-order valence-corrected chi connectivity index (χ4v) is 1.50. The lowest BCUT2D eigenvalue weighted by molar-refractivity contribution is 0.102. The molecule has 6 nitrogen and oxygen atoms in total. The molecule has 0 spiro atoms. The number of hydrogen-bond acceptors (Lipinski definition) is 3. The fraction of sp³-hybridized carbons (Fsp3) is 0.182. The number of hydrogen-bond donors (Lipinski definition) is 2. The highest BCUT2D eigenvalue weighted by Gasteiger charge is 2.09. The van der Waals surface area contributed by atoms with Crippen molar-refractivity contribution in [2.24, 2.45) is 7.05 Å². The number of anilines is 1. The Labute approximate surface area is 97.3 Å². The van der Waals surface area contributed by atoms with E-state index >= 15 is 0 Å². The van der Waals surface area contributed by atoms with Gasteiger partial charge in [-0.25, -0.2) is 0 Å². The van der Waals surface area contributed by atoms with Crippen LogP contribution in [0, 0.1) is 6.92 Å². The summed E-state index contributed by atoms with van der Waals surface area (Å²) < 4.78 is 1.57.